The summed E-state index contributed by atoms with van der Waals surface area (Å²) in [5.74, 6) is 0.895. The molecule has 24 heavy (non-hydrogen) atoms. The van der Waals surface area contributed by atoms with Gasteiger partial charge >= 0.3 is 6.03 Å². The molecule has 2 rings (SSSR count). The van der Waals surface area contributed by atoms with Crippen molar-refractivity contribution in [1.82, 2.24) is 10.2 Å². The average Bonchev–Trinajstić information content (AvgIpc) is 2.87. The molecule has 0 bridgehead atoms. The predicted octanol–water partition coefficient (Wildman–Crippen LogP) is 3.12. The van der Waals surface area contributed by atoms with Gasteiger partial charge in [0.15, 0.2) is 0 Å². The molecule has 0 aromatic heterocycles. The zero-order chi connectivity index (χ0) is 17.7. The monoisotopic (exact) mass is 331 g/mol. The van der Waals surface area contributed by atoms with Gasteiger partial charge in [0, 0.05) is 31.7 Å². The van der Waals surface area contributed by atoms with E-state index in [0.717, 1.165) is 18.8 Å². The van der Waals surface area contributed by atoms with Crippen LogP contribution in [0.4, 0.5) is 10.5 Å². The minimum atomic E-state index is -0.132. The first-order valence-corrected chi connectivity index (χ1v) is 8.77. The molecule has 1 saturated heterocycles. The number of urea groups is 1. The van der Waals surface area contributed by atoms with Crippen LogP contribution in [-0.4, -0.2) is 42.5 Å². The van der Waals surface area contributed by atoms with Crippen LogP contribution >= 0.6 is 0 Å². The van der Waals surface area contributed by atoms with Crippen LogP contribution < -0.4 is 10.2 Å². The van der Waals surface area contributed by atoms with Gasteiger partial charge in [0.25, 0.3) is 0 Å². The standard InChI is InChI=1S/C19H29N3O2/c1-14(2)11-21(12-15(3)4)19(24)20-16-10-18(23)22(13-16)17-8-6-5-7-9-17/h5-9,14-16H,10-13H2,1-4H3,(H,20,24)/t16-/m0/s1. The summed E-state index contributed by atoms with van der Waals surface area (Å²) in [6, 6.07) is 9.41. The van der Waals surface area contributed by atoms with Gasteiger partial charge in [0.1, 0.15) is 0 Å². The molecule has 1 aliphatic rings. The molecule has 0 saturated carbocycles. The predicted molar refractivity (Wildman–Crippen MR) is 97.0 cm³/mol. The van der Waals surface area contributed by atoms with Gasteiger partial charge in [-0.05, 0) is 24.0 Å². The number of rotatable bonds is 6. The lowest BCUT2D eigenvalue weighted by Crippen LogP contribution is -2.48. The number of para-hydroxylation sites is 1. The summed E-state index contributed by atoms with van der Waals surface area (Å²) in [7, 11) is 0. The van der Waals surface area contributed by atoms with Gasteiger partial charge in [-0.2, -0.15) is 0 Å². The largest absolute Gasteiger partial charge is 0.333 e. The lowest BCUT2D eigenvalue weighted by molar-refractivity contribution is -0.117. The fourth-order valence-electron chi connectivity index (χ4n) is 3.05. The molecule has 3 amide bonds. The number of nitrogens with zero attached hydrogens (tertiary/aromatic N) is 2. The third-order valence-electron chi connectivity index (χ3n) is 3.98. The number of amides is 3. The highest BCUT2D eigenvalue weighted by molar-refractivity contribution is 5.96. The summed E-state index contributed by atoms with van der Waals surface area (Å²) < 4.78 is 0. The summed E-state index contributed by atoms with van der Waals surface area (Å²) in [6.07, 6.45) is 0.359. The lowest BCUT2D eigenvalue weighted by atomic mass is 10.1. The van der Waals surface area contributed by atoms with Crippen molar-refractivity contribution in [3.8, 4) is 0 Å². The second-order valence-electron chi connectivity index (χ2n) is 7.38. The minimum absolute atomic E-state index is 0.0609. The summed E-state index contributed by atoms with van der Waals surface area (Å²) in [6.45, 7) is 10.4. The molecule has 1 heterocycles. The van der Waals surface area contributed by atoms with Gasteiger partial charge in [0.2, 0.25) is 5.91 Å². The highest BCUT2D eigenvalue weighted by Gasteiger charge is 2.32. The molecule has 132 valence electrons. The zero-order valence-corrected chi connectivity index (χ0v) is 15.2. The molecule has 5 nitrogen and oxygen atoms in total. The van der Waals surface area contributed by atoms with Crippen molar-refractivity contribution >= 4 is 17.6 Å². The smallest absolute Gasteiger partial charge is 0.317 e. The van der Waals surface area contributed by atoms with E-state index in [2.05, 4.69) is 33.0 Å². The fraction of sp³-hybridized carbons (Fsp3) is 0.579. The highest BCUT2D eigenvalue weighted by Crippen LogP contribution is 2.21. The van der Waals surface area contributed by atoms with E-state index in [1.54, 1.807) is 4.90 Å². The Morgan fingerprint density at radius 2 is 1.75 bits per heavy atom. The second-order valence-corrected chi connectivity index (χ2v) is 7.38. The van der Waals surface area contributed by atoms with Gasteiger partial charge < -0.3 is 15.1 Å². The van der Waals surface area contributed by atoms with Crippen LogP contribution in [0.2, 0.25) is 0 Å². The van der Waals surface area contributed by atoms with E-state index in [4.69, 9.17) is 0 Å². The number of benzene rings is 1. The average molecular weight is 331 g/mol. The number of hydrogen-bond donors (Lipinski definition) is 1. The van der Waals surface area contributed by atoms with E-state index >= 15 is 0 Å². The summed E-state index contributed by atoms with van der Waals surface area (Å²) in [5.41, 5.74) is 0.889. The first kappa shape index (κ1) is 18.3. The first-order chi connectivity index (χ1) is 11.4. The van der Waals surface area contributed by atoms with Crippen molar-refractivity contribution < 1.29 is 9.59 Å². The van der Waals surface area contributed by atoms with Gasteiger partial charge in [0.05, 0.1) is 6.04 Å². The van der Waals surface area contributed by atoms with E-state index in [1.165, 1.54) is 0 Å². The second kappa shape index (κ2) is 8.18. The molecular formula is C19H29N3O2. The molecule has 0 unspecified atom stereocenters. The third-order valence-corrected chi connectivity index (χ3v) is 3.98. The maximum absolute atomic E-state index is 12.6. The van der Waals surface area contributed by atoms with Gasteiger partial charge in [-0.3, -0.25) is 4.79 Å². The summed E-state index contributed by atoms with van der Waals surface area (Å²) >= 11 is 0. The number of carbonyl (C=O) groups is 2. The molecule has 1 aromatic rings. The zero-order valence-electron chi connectivity index (χ0n) is 15.2. The molecule has 1 aromatic carbocycles. The van der Waals surface area contributed by atoms with Gasteiger partial charge in [-0.15, -0.1) is 0 Å². The quantitative estimate of drug-likeness (QED) is 0.871. The number of hydrogen-bond acceptors (Lipinski definition) is 2. The first-order valence-electron chi connectivity index (χ1n) is 8.77. The van der Waals surface area contributed by atoms with Crippen molar-refractivity contribution in [2.45, 2.75) is 40.2 Å². The normalized spacial score (nSPS) is 17.7. The SMILES string of the molecule is CC(C)CN(CC(C)C)C(=O)N[C@H]1CC(=O)N(c2ccccc2)C1. The van der Waals surface area contributed by atoms with Crippen LogP contribution in [-0.2, 0) is 4.79 Å². The van der Waals surface area contributed by atoms with E-state index in [9.17, 15) is 9.59 Å². The fourth-order valence-corrected chi connectivity index (χ4v) is 3.05. The van der Waals surface area contributed by atoms with Crippen molar-refractivity contribution in [1.29, 1.82) is 0 Å². The van der Waals surface area contributed by atoms with Crippen LogP contribution in [0.3, 0.4) is 0 Å². The van der Waals surface area contributed by atoms with Crippen LogP contribution in [0.15, 0.2) is 30.3 Å². The van der Waals surface area contributed by atoms with Gasteiger partial charge in [-0.25, -0.2) is 4.79 Å². The maximum Gasteiger partial charge on any atom is 0.317 e. The Labute approximate surface area is 145 Å². The number of anilines is 1. The topological polar surface area (TPSA) is 52.7 Å². The third kappa shape index (κ3) is 4.98. The molecular weight excluding hydrogens is 302 g/mol. The Balaban J connectivity index is 1.97. The minimum Gasteiger partial charge on any atom is -0.333 e. The van der Waals surface area contributed by atoms with E-state index in [1.807, 2.05) is 35.2 Å². The Hall–Kier alpha value is -2.04. The molecule has 0 spiro atoms. The molecule has 1 fully saturated rings. The Morgan fingerprint density at radius 1 is 1.17 bits per heavy atom. The van der Waals surface area contributed by atoms with Crippen LogP contribution in [0, 0.1) is 11.8 Å². The molecule has 1 aliphatic heterocycles. The van der Waals surface area contributed by atoms with E-state index in [0.29, 0.717) is 24.8 Å². The van der Waals surface area contributed by atoms with Crippen molar-refractivity contribution in [3.63, 3.8) is 0 Å². The van der Waals surface area contributed by atoms with E-state index < -0.39 is 0 Å². The Kier molecular flexibility index (Phi) is 6.23. The van der Waals surface area contributed by atoms with Gasteiger partial charge in [-0.1, -0.05) is 45.9 Å². The molecule has 0 aliphatic carbocycles. The van der Waals surface area contributed by atoms with Crippen molar-refractivity contribution in [2.75, 3.05) is 24.5 Å². The van der Waals surface area contributed by atoms with Crippen molar-refractivity contribution in [3.05, 3.63) is 30.3 Å². The summed E-state index contributed by atoms with van der Waals surface area (Å²) in [5, 5.41) is 3.04. The lowest BCUT2D eigenvalue weighted by Gasteiger charge is -2.28. The molecule has 1 atom stereocenters. The van der Waals surface area contributed by atoms with E-state index in [-0.39, 0.29) is 18.0 Å². The Morgan fingerprint density at radius 3 is 2.29 bits per heavy atom. The summed E-state index contributed by atoms with van der Waals surface area (Å²) in [4.78, 5) is 28.5. The number of nitrogens with one attached hydrogen (secondary N) is 1. The number of carbonyl (C=O) groups excluding carboxylic acids is 2. The maximum atomic E-state index is 12.6. The van der Waals surface area contributed by atoms with Crippen LogP contribution in [0.1, 0.15) is 34.1 Å². The molecule has 1 N–H and O–H groups in total. The highest BCUT2D eigenvalue weighted by atomic mass is 16.2. The molecule has 0 radical (unpaired) electrons. The Bertz CT molecular complexity index is 547. The van der Waals surface area contributed by atoms with Crippen LogP contribution in [0.5, 0.6) is 0 Å². The molecule has 5 heteroatoms. The van der Waals surface area contributed by atoms with Crippen LogP contribution in [0.25, 0.3) is 0 Å². The van der Waals surface area contributed by atoms with Crippen molar-refractivity contribution in [2.24, 2.45) is 11.8 Å².